The van der Waals surface area contributed by atoms with Crippen LogP contribution in [-0.2, 0) is 9.47 Å². The van der Waals surface area contributed by atoms with E-state index < -0.39 is 5.79 Å². The van der Waals surface area contributed by atoms with E-state index in [2.05, 4.69) is 20.4 Å². The summed E-state index contributed by atoms with van der Waals surface area (Å²) in [4.78, 5) is 14.4. The number of piperidine rings is 1. The highest BCUT2D eigenvalue weighted by Gasteiger charge is 2.40. The second-order valence-electron chi connectivity index (χ2n) is 6.69. The Balaban J connectivity index is 1.36. The standard InChI is InChI=1S/C19H22N4O3/c1-14-2-4-15(5-3-14)18(24)20-16-6-7-17(22-21-16)23-10-8-19(9-11-23)25-12-13-26-19/h2-7H,8-13H2,1H3,(H,20,21,24). The van der Waals surface area contributed by atoms with Crippen LogP contribution in [0.15, 0.2) is 36.4 Å². The number of hydrogen-bond donors (Lipinski definition) is 1. The molecule has 0 radical (unpaired) electrons. The van der Waals surface area contributed by atoms with Crippen molar-refractivity contribution in [3.8, 4) is 0 Å². The van der Waals surface area contributed by atoms with E-state index in [0.29, 0.717) is 24.6 Å². The number of rotatable bonds is 3. The van der Waals surface area contributed by atoms with Crippen LogP contribution < -0.4 is 10.2 Å². The fourth-order valence-electron chi connectivity index (χ4n) is 3.32. The fraction of sp³-hybridized carbons (Fsp3) is 0.421. The van der Waals surface area contributed by atoms with Crippen molar-refractivity contribution in [2.45, 2.75) is 25.6 Å². The summed E-state index contributed by atoms with van der Waals surface area (Å²) in [6, 6.07) is 11.1. The average Bonchev–Trinajstić information content (AvgIpc) is 3.12. The highest BCUT2D eigenvalue weighted by molar-refractivity contribution is 6.03. The molecule has 7 nitrogen and oxygen atoms in total. The molecule has 1 N–H and O–H groups in total. The van der Waals surface area contributed by atoms with Crippen LogP contribution in [-0.4, -0.2) is 48.2 Å². The third kappa shape index (κ3) is 3.54. The van der Waals surface area contributed by atoms with Crippen molar-refractivity contribution in [2.24, 2.45) is 0 Å². The monoisotopic (exact) mass is 354 g/mol. The number of carbonyl (C=O) groups is 1. The first-order chi connectivity index (χ1) is 12.6. The first kappa shape index (κ1) is 16.9. The second kappa shape index (κ2) is 7.01. The van der Waals surface area contributed by atoms with Gasteiger partial charge >= 0.3 is 0 Å². The van der Waals surface area contributed by atoms with Crippen LogP contribution in [0.3, 0.4) is 0 Å². The van der Waals surface area contributed by atoms with Gasteiger partial charge in [0.2, 0.25) is 0 Å². The van der Waals surface area contributed by atoms with Crippen LogP contribution in [0.1, 0.15) is 28.8 Å². The molecule has 2 aliphatic heterocycles. The third-order valence-corrected chi connectivity index (χ3v) is 4.87. The van der Waals surface area contributed by atoms with Gasteiger partial charge in [-0.1, -0.05) is 17.7 Å². The largest absolute Gasteiger partial charge is 0.355 e. The van der Waals surface area contributed by atoms with Gasteiger partial charge in [0.1, 0.15) is 0 Å². The van der Waals surface area contributed by atoms with Crippen LogP contribution in [0.4, 0.5) is 11.6 Å². The minimum absolute atomic E-state index is 0.192. The van der Waals surface area contributed by atoms with Crippen molar-refractivity contribution in [1.29, 1.82) is 0 Å². The molecule has 0 bridgehead atoms. The lowest BCUT2D eigenvalue weighted by molar-refractivity contribution is -0.169. The molecular weight excluding hydrogens is 332 g/mol. The third-order valence-electron chi connectivity index (χ3n) is 4.87. The van der Waals surface area contributed by atoms with Gasteiger partial charge in [-0.2, -0.15) is 0 Å². The van der Waals surface area contributed by atoms with E-state index in [1.165, 1.54) is 0 Å². The molecule has 1 spiro atoms. The van der Waals surface area contributed by atoms with Crippen LogP contribution >= 0.6 is 0 Å². The summed E-state index contributed by atoms with van der Waals surface area (Å²) < 4.78 is 11.5. The van der Waals surface area contributed by atoms with Gasteiger partial charge in [0.15, 0.2) is 17.4 Å². The molecule has 1 aromatic heterocycles. The molecule has 136 valence electrons. The van der Waals surface area contributed by atoms with E-state index >= 15 is 0 Å². The van der Waals surface area contributed by atoms with E-state index in [0.717, 1.165) is 37.3 Å². The lowest BCUT2D eigenvalue weighted by Crippen LogP contribution is -2.45. The summed E-state index contributed by atoms with van der Waals surface area (Å²) in [6.45, 7) is 4.96. The molecule has 4 rings (SSSR count). The number of amides is 1. The SMILES string of the molecule is Cc1ccc(C(=O)Nc2ccc(N3CCC4(CC3)OCCO4)nn2)cc1. The topological polar surface area (TPSA) is 76.6 Å². The zero-order valence-electron chi connectivity index (χ0n) is 14.8. The van der Waals surface area contributed by atoms with Crippen LogP contribution in [0.2, 0.25) is 0 Å². The van der Waals surface area contributed by atoms with Gasteiger partial charge in [-0.05, 0) is 31.2 Å². The summed E-state index contributed by atoms with van der Waals surface area (Å²) >= 11 is 0. The average molecular weight is 354 g/mol. The number of nitrogens with one attached hydrogen (secondary N) is 1. The van der Waals surface area contributed by atoms with Crippen LogP contribution in [0, 0.1) is 6.92 Å². The number of aromatic nitrogens is 2. The fourth-order valence-corrected chi connectivity index (χ4v) is 3.32. The Morgan fingerprint density at radius 1 is 1.04 bits per heavy atom. The summed E-state index contributed by atoms with van der Waals surface area (Å²) in [7, 11) is 0. The maximum absolute atomic E-state index is 12.2. The molecule has 0 saturated carbocycles. The number of hydrogen-bond acceptors (Lipinski definition) is 6. The van der Waals surface area contributed by atoms with Crippen molar-refractivity contribution in [2.75, 3.05) is 36.5 Å². The van der Waals surface area contributed by atoms with Crippen molar-refractivity contribution in [1.82, 2.24) is 10.2 Å². The normalized spacial score (nSPS) is 18.9. The van der Waals surface area contributed by atoms with Gasteiger partial charge in [0, 0.05) is 31.5 Å². The molecule has 0 aliphatic carbocycles. The highest BCUT2D eigenvalue weighted by Crippen LogP contribution is 2.32. The molecule has 2 saturated heterocycles. The molecule has 7 heteroatoms. The Hall–Kier alpha value is -2.51. The first-order valence-corrected chi connectivity index (χ1v) is 8.88. The molecule has 1 aromatic carbocycles. The van der Waals surface area contributed by atoms with Gasteiger partial charge in [-0.25, -0.2) is 0 Å². The predicted molar refractivity (Wildman–Crippen MR) is 97.2 cm³/mol. The summed E-state index contributed by atoms with van der Waals surface area (Å²) in [5.74, 6) is 0.648. The van der Waals surface area contributed by atoms with Crippen molar-refractivity contribution in [3.63, 3.8) is 0 Å². The van der Waals surface area contributed by atoms with E-state index in [-0.39, 0.29) is 5.91 Å². The first-order valence-electron chi connectivity index (χ1n) is 8.88. The second-order valence-corrected chi connectivity index (χ2v) is 6.69. The lowest BCUT2D eigenvalue weighted by atomic mass is 10.0. The Morgan fingerprint density at radius 2 is 1.73 bits per heavy atom. The number of carbonyl (C=O) groups excluding carboxylic acids is 1. The molecule has 0 atom stereocenters. The van der Waals surface area contributed by atoms with E-state index in [1.807, 2.05) is 25.1 Å². The Morgan fingerprint density at radius 3 is 2.35 bits per heavy atom. The number of anilines is 2. The quantitative estimate of drug-likeness (QED) is 0.912. The predicted octanol–water partition coefficient (Wildman–Crippen LogP) is 2.38. The molecule has 2 fully saturated rings. The minimum Gasteiger partial charge on any atom is -0.355 e. The Labute approximate surface area is 152 Å². The summed E-state index contributed by atoms with van der Waals surface area (Å²) in [5, 5.41) is 11.2. The lowest BCUT2D eigenvalue weighted by Gasteiger charge is -2.37. The Kier molecular flexibility index (Phi) is 4.57. The molecule has 3 heterocycles. The molecule has 26 heavy (non-hydrogen) atoms. The Bertz CT molecular complexity index is 760. The number of nitrogens with zero attached hydrogens (tertiary/aromatic N) is 3. The molecule has 0 unspecified atom stereocenters. The van der Waals surface area contributed by atoms with Crippen molar-refractivity contribution in [3.05, 3.63) is 47.5 Å². The zero-order valence-corrected chi connectivity index (χ0v) is 14.8. The van der Waals surface area contributed by atoms with Gasteiger partial charge < -0.3 is 19.7 Å². The van der Waals surface area contributed by atoms with Crippen LogP contribution in [0.25, 0.3) is 0 Å². The van der Waals surface area contributed by atoms with Gasteiger partial charge in [-0.15, -0.1) is 10.2 Å². The van der Waals surface area contributed by atoms with Crippen LogP contribution in [0.5, 0.6) is 0 Å². The van der Waals surface area contributed by atoms with E-state index in [9.17, 15) is 4.79 Å². The maximum Gasteiger partial charge on any atom is 0.256 e. The molecule has 1 amide bonds. The maximum atomic E-state index is 12.2. The number of benzene rings is 1. The van der Waals surface area contributed by atoms with Gasteiger partial charge in [0.05, 0.1) is 13.2 Å². The molecule has 2 aromatic rings. The van der Waals surface area contributed by atoms with Gasteiger partial charge in [-0.3, -0.25) is 4.79 Å². The highest BCUT2D eigenvalue weighted by atomic mass is 16.7. The number of ether oxygens (including phenoxy) is 2. The minimum atomic E-state index is -0.397. The smallest absolute Gasteiger partial charge is 0.256 e. The summed E-state index contributed by atoms with van der Waals surface area (Å²) in [6.07, 6.45) is 1.64. The number of aryl methyl sites for hydroxylation is 1. The molecule has 2 aliphatic rings. The van der Waals surface area contributed by atoms with E-state index in [4.69, 9.17) is 9.47 Å². The summed E-state index contributed by atoms with van der Waals surface area (Å²) in [5.41, 5.74) is 1.71. The molecular formula is C19H22N4O3. The van der Waals surface area contributed by atoms with E-state index in [1.54, 1.807) is 18.2 Å². The van der Waals surface area contributed by atoms with Crippen molar-refractivity contribution >= 4 is 17.5 Å². The van der Waals surface area contributed by atoms with Crippen molar-refractivity contribution < 1.29 is 14.3 Å². The zero-order chi connectivity index (χ0) is 18.0. The van der Waals surface area contributed by atoms with Gasteiger partial charge in [0.25, 0.3) is 5.91 Å².